The van der Waals surface area contributed by atoms with Crippen LogP contribution in [0, 0.1) is 0 Å². The van der Waals surface area contributed by atoms with Crippen molar-refractivity contribution in [1.29, 1.82) is 0 Å². The largest absolute Gasteiger partial charge is 0.465 e. The molecule has 26 heavy (non-hydrogen) atoms. The number of hydrogen-bond acceptors (Lipinski definition) is 6. The summed E-state index contributed by atoms with van der Waals surface area (Å²) in [5.41, 5.74) is 7.38. The Hall–Kier alpha value is -2.87. The highest BCUT2D eigenvalue weighted by atomic mass is 16.5. The van der Waals surface area contributed by atoms with Crippen molar-refractivity contribution in [1.82, 2.24) is 20.0 Å². The smallest absolute Gasteiger partial charge is 0.343 e. The van der Waals surface area contributed by atoms with E-state index >= 15 is 0 Å². The van der Waals surface area contributed by atoms with E-state index in [0.29, 0.717) is 17.8 Å². The number of rotatable bonds is 6. The van der Waals surface area contributed by atoms with Crippen LogP contribution in [0.2, 0.25) is 0 Å². The minimum absolute atomic E-state index is 0.112. The molecule has 1 aromatic heterocycles. The van der Waals surface area contributed by atoms with Gasteiger partial charge in [-0.1, -0.05) is 0 Å². The van der Waals surface area contributed by atoms with Gasteiger partial charge in [0.15, 0.2) is 0 Å². The minimum atomic E-state index is -0.539. The molecule has 0 bridgehead atoms. The lowest BCUT2D eigenvalue weighted by atomic mass is 10.2. The molecule has 1 aliphatic rings. The second kappa shape index (κ2) is 8.01. The molecule has 3 rings (SSSR count). The van der Waals surface area contributed by atoms with Gasteiger partial charge >= 0.3 is 5.97 Å². The fraction of sp³-hybridized carbons (Fsp3) is 0.389. The summed E-state index contributed by atoms with van der Waals surface area (Å²) in [6.07, 6.45) is 3.84. The van der Waals surface area contributed by atoms with Crippen molar-refractivity contribution in [3.05, 3.63) is 41.6 Å². The van der Waals surface area contributed by atoms with E-state index in [-0.39, 0.29) is 17.3 Å². The molecule has 8 nitrogen and oxygen atoms in total. The molecule has 0 atom stereocenters. The SMILES string of the molecule is COC(=O)c1cnn(-c2ccc(C(=O)NCCN3CCCC3)cc2)c1N. The maximum Gasteiger partial charge on any atom is 0.343 e. The molecule has 1 aliphatic heterocycles. The molecule has 2 heterocycles. The van der Waals surface area contributed by atoms with Crippen LogP contribution in [0.25, 0.3) is 5.69 Å². The molecule has 1 saturated heterocycles. The van der Waals surface area contributed by atoms with Crippen LogP contribution in [0.4, 0.5) is 5.82 Å². The van der Waals surface area contributed by atoms with Crippen molar-refractivity contribution >= 4 is 17.7 Å². The number of benzene rings is 1. The number of carbonyl (C=O) groups excluding carboxylic acids is 2. The molecule has 138 valence electrons. The van der Waals surface area contributed by atoms with E-state index in [1.807, 2.05) is 0 Å². The first-order valence-electron chi connectivity index (χ1n) is 8.63. The first kappa shape index (κ1) is 17.9. The number of esters is 1. The third-order valence-electron chi connectivity index (χ3n) is 4.50. The third-order valence-corrected chi connectivity index (χ3v) is 4.50. The van der Waals surface area contributed by atoms with Gasteiger partial charge < -0.3 is 20.7 Å². The second-order valence-corrected chi connectivity index (χ2v) is 6.20. The molecule has 0 unspecified atom stereocenters. The number of carbonyl (C=O) groups is 2. The average Bonchev–Trinajstić information content (AvgIpc) is 3.31. The topological polar surface area (TPSA) is 102 Å². The Bertz CT molecular complexity index is 779. The molecule has 1 fully saturated rings. The van der Waals surface area contributed by atoms with Gasteiger partial charge in [0.2, 0.25) is 0 Å². The number of methoxy groups -OCH3 is 1. The molecule has 1 aromatic carbocycles. The van der Waals surface area contributed by atoms with Crippen molar-refractivity contribution in [2.24, 2.45) is 0 Å². The summed E-state index contributed by atoms with van der Waals surface area (Å²) in [6, 6.07) is 6.89. The van der Waals surface area contributed by atoms with Crippen LogP contribution in [-0.2, 0) is 4.74 Å². The molecular weight excluding hydrogens is 334 g/mol. The number of hydrogen-bond donors (Lipinski definition) is 2. The number of nitrogens with two attached hydrogens (primary N) is 1. The number of nitrogen functional groups attached to an aromatic ring is 1. The molecule has 2 aromatic rings. The molecule has 0 aliphatic carbocycles. The highest BCUT2D eigenvalue weighted by Crippen LogP contribution is 2.18. The summed E-state index contributed by atoms with van der Waals surface area (Å²) in [5.74, 6) is -0.457. The molecule has 8 heteroatoms. The summed E-state index contributed by atoms with van der Waals surface area (Å²) in [7, 11) is 1.29. The summed E-state index contributed by atoms with van der Waals surface area (Å²) in [5, 5.41) is 7.04. The zero-order chi connectivity index (χ0) is 18.5. The zero-order valence-electron chi connectivity index (χ0n) is 14.8. The van der Waals surface area contributed by atoms with Gasteiger partial charge in [0, 0.05) is 18.7 Å². The van der Waals surface area contributed by atoms with E-state index in [9.17, 15) is 9.59 Å². The quantitative estimate of drug-likeness (QED) is 0.750. The van der Waals surface area contributed by atoms with Crippen molar-refractivity contribution in [3.8, 4) is 5.69 Å². The summed E-state index contributed by atoms with van der Waals surface area (Å²) >= 11 is 0. The average molecular weight is 357 g/mol. The molecule has 0 saturated carbocycles. The fourth-order valence-electron chi connectivity index (χ4n) is 3.02. The van der Waals surface area contributed by atoms with Gasteiger partial charge in [0.1, 0.15) is 11.4 Å². The monoisotopic (exact) mass is 357 g/mol. The van der Waals surface area contributed by atoms with E-state index < -0.39 is 5.97 Å². The van der Waals surface area contributed by atoms with E-state index in [1.165, 1.54) is 30.8 Å². The molecular formula is C18H23N5O3. The Labute approximate surface area is 151 Å². The maximum absolute atomic E-state index is 12.2. The normalized spacial score (nSPS) is 14.3. The highest BCUT2D eigenvalue weighted by Gasteiger charge is 2.17. The Kier molecular flexibility index (Phi) is 5.52. The van der Waals surface area contributed by atoms with E-state index in [0.717, 1.165) is 19.6 Å². The lowest BCUT2D eigenvalue weighted by Gasteiger charge is -2.14. The predicted octanol–water partition coefficient (Wildman–Crippen LogP) is 1.07. The number of nitrogens with zero attached hydrogens (tertiary/aromatic N) is 3. The van der Waals surface area contributed by atoms with E-state index in [1.54, 1.807) is 24.3 Å². The third kappa shape index (κ3) is 3.85. The van der Waals surface area contributed by atoms with Crippen LogP contribution in [0.1, 0.15) is 33.6 Å². The Morgan fingerprint density at radius 1 is 1.23 bits per heavy atom. The van der Waals surface area contributed by atoms with Gasteiger partial charge in [0.05, 0.1) is 19.0 Å². The molecule has 3 N–H and O–H groups in total. The predicted molar refractivity (Wildman–Crippen MR) is 97.3 cm³/mol. The lowest BCUT2D eigenvalue weighted by Crippen LogP contribution is -2.33. The number of ether oxygens (including phenoxy) is 1. The van der Waals surface area contributed by atoms with Gasteiger partial charge in [0.25, 0.3) is 5.91 Å². The van der Waals surface area contributed by atoms with Crippen molar-refractivity contribution in [2.45, 2.75) is 12.8 Å². The van der Waals surface area contributed by atoms with Crippen molar-refractivity contribution < 1.29 is 14.3 Å². The van der Waals surface area contributed by atoms with Crippen LogP contribution in [0.3, 0.4) is 0 Å². The number of aromatic nitrogens is 2. The van der Waals surface area contributed by atoms with Gasteiger partial charge in [-0.05, 0) is 50.2 Å². The Balaban J connectivity index is 1.62. The zero-order valence-corrected chi connectivity index (χ0v) is 14.8. The number of nitrogens with one attached hydrogen (secondary N) is 1. The van der Waals surface area contributed by atoms with Crippen LogP contribution in [0.5, 0.6) is 0 Å². The standard InChI is InChI=1S/C18H23N5O3/c1-26-18(25)15-12-21-23(16(15)19)14-6-4-13(5-7-14)17(24)20-8-11-22-9-2-3-10-22/h4-7,12H,2-3,8-11,19H2,1H3,(H,20,24). The van der Waals surface area contributed by atoms with Gasteiger partial charge in [-0.15, -0.1) is 0 Å². The van der Waals surface area contributed by atoms with Gasteiger partial charge in [-0.2, -0.15) is 5.10 Å². The van der Waals surface area contributed by atoms with Gasteiger partial charge in [-0.25, -0.2) is 9.48 Å². The first-order valence-corrected chi connectivity index (χ1v) is 8.63. The maximum atomic E-state index is 12.2. The number of anilines is 1. The number of likely N-dealkylation sites (tertiary alicyclic amines) is 1. The molecule has 1 amide bonds. The Morgan fingerprint density at radius 3 is 2.58 bits per heavy atom. The van der Waals surface area contributed by atoms with E-state index in [2.05, 4.69) is 20.1 Å². The Morgan fingerprint density at radius 2 is 1.92 bits per heavy atom. The summed E-state index contributed by atoms with van der Waals surface area (Å²) in [6.45, 7) is 3.74. The van der Waals surface area contributed by atoms with Crippen LogP contribution in [-0.4, -0.2) is 59.8 Å². The lowest BCUT2D eigenvalue weighted by molar-refractivity contribution is 0.0601. The van der Waals surface area contributed by atoms with Crippen LogP contribution in [0.15, 0.2) is 30.5 Å². The van der Waals surface area contributed by atoms with Gasteiger partial charge in [-0.3, -0.25) is 4.79 Å². The second-order valence-electron chi connectivity index (χ2n) is 6.20. The molecule has 0 radical (unpaired) electrons. The first-order chi connectivity index (χ1) is 12.6. The summed E-state index contributed by atoms with van der Waals surface area (Å²) < 4.78 is 6.09. The molecule has 0 spiro atoms. The fourth-order valence-corrected chi connectivity index (χ4v) is 3.02. The van der Waals surface area contributed by atoms with Crippen molar-refractivity contribution in [3.63, 3.8) is 0 Å². The van der Waals surface area contributed by atoms with Crippen LogP contribution >= 0.6 is 0 Å². The minimum Gasteiger partial charge on any atom is -0.465 e. The summed E-state index contributed by atoms with van der Waals surface area (Å²) in [4.78, 5) is 26.2. The van der Waals surface area contributed by atoms with Crippen LogP contribution < -0.4 is 11.1 Å². The number of amides is 1. The van der Waals surface area contributed by atoms with E-state index in [4.69, 9.17) is 5.73 Å². The van der Waals surface area contributed by atoms with Crippen molar-refractivity contribution in [2.75, 3.05) is 39.0 Å². The highest BCUT2D eigenvalue weighted by molar-refractivity contribution is 5.95.